The normalized spacial score (nSPS) is 10.5. The van der Waals surface area contributed by atoms with Crippen LogP contribution in [0.3, 0.4) is 0 Å². The molecule has 0 saturated heterocycles. The summed E-state index contributed by atoms with van der Waals surface area (Å²) in [4.78, 5) is 10.7. The second-order valence-corrected chi connectivity index (χ2v) is 3.84. The van der Waals surface area contributed by atoms with Crippen LogP contribution in [0.15, 0.2) is 30.4 Å². The first kappa shape index (κ1) is 13.8. The Morgan fingerprint density at radius 1 is 1.24 bits per heavy atom. The van der Waals surface area contributed by atoms with E-state index in [1.54, 1.807) is 18.2 Å². The van der Waals surface area contributed by atoms with Crippen molar-refractivity contribution in [1.82, 2.24) is 0 Å². The van der Waals surface area contributed by atoms with Crippen molar-refractivity contribution < 1.29 is 14.3 Å². The molecule has 0 N–H and O–H groups in total. The van der Waals surface area contributed by atoms with Gasteiger partial charge >= 0.3 is 0 Å². The van der Waals surface area contributed by atoms with E-state index < -0.39 is 0 Å². The quantitative estimate of drug-likeness (QED) is 0.440. The molecule has 0 spiro atoms. The Kier molecular flexibility index (Phi) is 6.40. The summed E-state index contributed by atoms with van der Waals surface area (Å²) >= 11 is 3.29. The zero-order valence-electron chi connectivity index (χ0n) is 9.69. The summed E-state index contributed by atoms with van der Waals surface area (Å²) < 4.78 is 11.0. The van der Waals surface area contributed by atoms with Gasteiger partial charge in [-0.05, 0) is 25.1 Å². The van der Waals surface area contributed by atoms with Crippen LogP contribution in [0.1, 0.15) is 17.3 Å². The molecule has 0 unspecified atom stereocenters. The maximum Gasteiger partial charge on any atom is 0.161 e. The lowest BCUT2D eigenvalue weighted by Gasteiger charge is -2.10. The standard InChI is InChI=1S/C13H15BrO3/c1-2-16-13-9-11(10-15)5-6-12(13)17-8-4-3-7-14/h3-6,9-10H,2,7-8H2,1H3/b4-3+. The molecule has 17 heavy (non-hydrogen) atoms. The molecular weight excluding hydrogens is 284 g/mol. The van der Waals surface area contributed by atoms with Crippen LogP contribution in [0, 0.1) is 0 Å². The van der Waals surface area contributed by atoms with Crippen LogP contribution in [0.2, 0.25) is 0 Å². The fourth-order valence-electron chi connectivity index (χ4n) is 1.25. The van der Waals surface area contributed by atoms with E-state index in [0.29, 0.717) is 30.3 Å². The number of rotatable bonds is 7. The van der Waals surface area contributed by atoms with Gasteiger partial charge in [0.05, 0.1) is 6.61 Å². The van der Waals surface area contributed by atoms with Gasteiger partial charge in [0.2, 0.25) is 0 Å². The van der Waals surface area contributed by atoms with E-state index in [0.717, 1.165) is 11.6 Å². The van der Waals surface area contributed by atoms with E-state index >= 15 is 0 Å². The molecule has 0 amide bonds. The molecule has 0 radical (unpaired) electrons. The van der Waals surface area contributed by atoms with Crippen LogP contribution in [0.25, 0.3) is 0 Å². The SMILES string of the molecule is CCOc1cc(C=O)ccc1OC/C=C/CBr. The van der Waals surface area contributed by atoms with Crippen LogP contribution >= 0.6 is 15.9 Å². The third-order valence-electron chi connectivity index (χ3n) is 1.99. The fourth-order valence-corrected chi connectivity index (χ4v) is 1.52. The van der Waals surface area contributed by atoms with Crippen molar-refractivity contribution in [3.8, 4) is 11.5 Å². The Morgan fingerprint density at radius 3 is 2.71 bits per heavy atom. The Morgan fingerprint density at radius 2 is 2.06 bits per heavy atom. The number of alkyl halides is 1. The van der Waals surface area contributed by atoms with Crippen molar-refractivity contribution in [3.63, 3.8) is 0 Å². The van der Waals surface area contributed by atoms with E-state index in [-0.39, 0.29) is 0 Å². The minimum Gasteiger partial charge on any atom is -0.490 e. The maximum atomic E-state index is 10.7. The van der Waals surface area contributed by atoms with Crippen molar-refractivity contribution in [2.24, 2.45) is 0 Å². The van der Waals surface area contributed by atoms with Gasteiger partial charge in [0.1, 0.15) is 12.9 Å². The van der Waals surface area contributed by atoms with Gasteiger partial charge in [-0.2, -0.15) is 0 Å². The van der Waals surface area contributed by atoms with Gasteiger partial charge in [0.25, 0.3) is 0 Å². The molecule has 0 aliphatic carbocycles. The lowest BCUT2D eigenvalue weighted by molar-refractivity contribution is 0.112. The van der Waals surface area contributed by atoms with Crippen LogP contribution < -0.4 is 9.47 Å². The molecule has 0 aliphatic rings. The zero-order chi connectivity index (χ0) is 12.5. The molecule has 0 aromatic heterocycles. The molecule has 1 aromatic rings. The first-order chi connectivity index (χ1) is 8.31. The monoisotopic (exact) mass is 298 g/mol. The first-order valence-corrected chi connectivity index (χ1v) is 6.49. The Hall–Kier alpha value is -1.29. The van der Waals surface area contributed by atoms with E-state index in [1.807, 2.05) is 19.1 Å². The van der Waals surface area contributed by atoms with Crippen molar-refractivity contribution >= 4 is 22.2 Å². The molecule has 0 fully saturated rings. The number of halogens is 1. The molecule has 0 saturated carbocycles. The first-order valence-electron chi connectivity index (χ1n) is 5.37. The Labute approximate surface area is 110 Å². The number of aldehydes is 1. The number of hydrogen-bond acceptors (Lipinski definition) is 3. The highest BCUT2D eigenvalue weighted by molar-refractivity contribution is 9.09. The Balaban J connectivity index is 2.75. The summed E-state index contributed by atoms with van der Waals surface area (Å²) in [5.41, 5.74) is 0.580. The second kappa shape index (κ2) is 7.90. The summed E-state index contributed by atoms with van der Waals surface area (Å²) in [6, 6.07) is 5.13. The van der Waals surface area contributed by atoms with Gasteiger partial charge in [-0.15, -0.1) is 0 Å². The van der Waals surface area contributed by atoms with Crippen LogP contribution in [0.5, 0.6) is 11.5 Å². The molecule has 0 heterocycles. The molecule has 1 aromatic carbocycles. The number of ether oxygens (including phenoxy) is 2. The van der Waals surface area contributed by atoms with Crippen molar-refractivity contribution in [2.75, 3.05) is 18.5 Å². The summed E-state index contributed by atoms with van der Waals surface area (Å²) in [6.07, 6.45) is 4.66. The van der Waals surface area contributed by atoms with Crippen molar-refractivity contribution in [2.45, 2.75) is 6.92 Å². The lowest BCUT2D eigenvalue weighted by Crippen LogP contribution is -1.99. The zero-order valence-corrected chi connectivity index (χ0v) is 11.3. The van der Waals surface area contributed by atoms with E-state index in [1.165, 1.54) is 0 Å². The smallest absolute Gasteiger partial charge is 0.161 e. The minimum atomic E-state index is 0.478. The molecule has 0 aliphatic heterocycles. The predicted molar refractivity (Wildman–Crippen MR) is 71.4 cm³/mol. The molecular formula is C13H15BrO3. The van der Waals surface area contributed by atoms with E-state index in [9.17, 15) is 4.79 Å². The number of benzene rings is 1. The minimum absolute atomic E-state index is 0.478. The molecule has 0 atom stereocenters. The van der Waals surface area contributed by atoms with Gasteiger partial charge < -0.3 is 9.47 Å². The maximum absolute atomic E-state index is 10.7. The third kappa shape index (κ3) is 4.61. The van der Waals surface area contributed by atoms with Crippen molar-refractivity contribution in [1.29, 1.82) is 0 Å². The number of allylic oxidation sites excluding steroid dienone is 1. The number of hydrogen-bond donors (Lipinski definition) is 0. The Bertz CT molecular complexity index is 388. The number of carbonyl (C=O) groups excluding carboxylic acids is 1. The lowest BCUT2D eigenvalue weighted by atomic mass is 10.2. The van der Waals surface area contributed by atoms with E-state index in [4.69, 9.17) is 9.47 Å². The second-order valence-electron chi connectivity index (χ2n) is 3.19. The van der Waals surface area contributed by atoms with Crippen molar-refractivity contribution in [3.05, 3.63) is 35.9 Å². The average molecular weight is 299 g/mol. The molecule has 3 nitrogen and oxygen atoms in total. The topological polar surface area (TPSA) is 35.5 Å². The summed E-state index contributed by atoms with van der Waals surface area (Å²) in [5.74, 6) is 1.25. The predicted octanol–water partition coefficient (Wildman–Crippen LogP) is 3.23. The van der Waals surface area contributed by atoms with Gasteiger partial charge in [-0.3, -0.25) is 4.79 Å². The highest BCUT2D eigenvalue weighted by atomic mass is 79.9. The summed E-state index contributed by atoms with van der Waals surface area (Å²) in [6.45, 7) is 2.91. The molecule has 92 valence electrons. The third-order valence-corrected chi connectivity index (χ3v) is 2.37. The molecule has 1 rings (SSSR count). The summed E-state index contributed by atoms with van der Waals surface area (Å²) in [7, 11) is 0. The van der Waals surface area contributed by atoms with Crippen LogP contribution in [-0.4, -0.2) is 24.8 Å². The van der Waals surface area contributed by atoms with E-state index in [2.05, 4.69) is 15.9 Å². The molecule has 4 heteroatoms. The number of carbonyl (C=O) groups is 1. The van der Waals surface area contributed by atoms with Gasteiger partial charge in [-0.1, -0.05) is 28.1 Å². The van der Waals surface area contributed by atoms with Crippen LogP contribution in [-0.2, 0) is 0 Å². The van der Waals surface area contributed by atoms with Gasteiger partial charge in [0.15, 0.2) is 11.5 Å². The largest absolute Gasteiger partial charge is 0.490 e. The molecule has 0 bridgehead atoms. The van der Waals surface area contributed by atoms with Gasteiger partial charge in [-0.25, -0.2) is 0 Å². The van der Waals surface area contributed by atoms with Crippen LogP contribution in [0.4, 0.5) is 0 Å². The summed E-state index contributed by atoms with van der Waals surface area (Å²) in [5, 5.41) is 0.804. The highest BCUT2D eigenvalue weighted by Crippen LogP contribution is 2.27. The fraction of sp³-hybridized carbons (Fsp3) is 0.308. The average Bonchev–Trinajstić information content (AvgIpc) is 2.36. The highest BCUT2D eigenvalue weighted by Gasteiger charge is 2.05. The van der Waals surface area contributed by atoms with Gasteiger partial charge in [0, 0.05) is 10.9 Å².